The van der Waals surface area contributed by atoms with E-state index in [0.717, 1.165) is 45.4 Å². The van der Waals surface area contributed by atoms with Crippen LogP contribution in [-0.2, 0) is 10.0 Å². The van der Waals surface area contributed by atoms with Gasteiger partial charge in [0.25, 0.3) is 0 Å². The van der Waals surface area contributed by atoms with Crippen LogP contribution in [0.1, 0.15) is 39.0 Å². The van der Waals surface area contributed by atoms with Crippen LogP contribution in [0.3, 0.4) is 0 Å². The third-order valence-electron chi connectivity index (χ3n) is 3.98. The van der Waals surface area contributed by atoms with Crippen LogP contribution in [0, 0.1) is 5.92 Å². The van der Waals surface area contributed by atoms with Crippen molar-refractivity contribution in [1.82, 2.24) is 14.9 Å². The van der Waals surface area contributed by atoms with Gasteiger partial charge in [-0.15, -0.1) is 0 Å². The third-order valence-corrected chi connectivity index (χ3v) is 5.45. The first kappa shape index (κ1) is 17.9. The monoisotopic (exact) mass is 305 g/mol. The first-order valence-electron chi connectivity index (χ1n) is 7.90. The molecule has 0 saturated carbocycles. The van der Waals surface area contributed by atoms with Gasteiger partial charge in [-0.25, -0.2) is 13.1 Å². The molecule has 1 aliphatic rings. The second-order valence-electron chi connectivity index (χ2n) is 5.81. The molecule has 20 heavy (non-hydrogen) atoms. The standard InChI is InChI=1S/C14H31N3O2S/c1-3-15-9-4-5-13-20(18,19)16-10-6-14-7-11-17(2)12-8-14/h14-16H,3-13H2,1-2H3. The van der Waals surface area contributed by atoms with E-state index in [2.05, 4.69) is 28.9 Å². The summed E-state index contributed by atoms with van der Waals surface area (Å²) in [5.74, 6) is 0.939. The minimum absolute atomic E-state index is 0.256. The summed E-state index contributed by atoms with van der Waals surface area (Å²) in [5.41, 5.74) is 0. The number of hydrogen-bond acceptors (Lipinski definition) is 4. The van der Waals surface area contributed by atoms with Crippen LogP contribution in [0.2, 0.25) is 0 Å². The highest BCUT2D eigenvalue weighted by Gasteiger charge is 2.17. The van der Waals surface area contributed by atoms with E-state index in [1.54, 1.807) is 0 Å². The number of hydrogen-bond donors (Lipinski definition) is 2. The molecular formula is C14H31N3O2S. The van der Waals surface area contributed by atoms with Gasteiger partial charge in [0.05, 0.1) is 5.75 Å². The van der Waals surface area contributed by atoms with Gasteiger partial charge in [-0.2, -0.15) is 0 Å². The first-order chi connectivity index (χ1) is 9.53. The second-order valence-corrected chi connectivity index (χ2v) is 7.74. The van der Waals surface area contributed by atoms with Gasteiger partial charge in [0, 0.05) is 6.54 Å². The lowest BCUT2D eigenvalue weighted by Crippen LogP contribution is -2.33. The van der Waals surface area contributed by atoms with Crippen LogP contribution >= 0.6 is 0 Å². The molecule has 1 heterocycles. The fourth-order valence-electron chi connectivity index (χ4n) is 2.56. The molecule has 1 saturated heterocycles. The zero-order chi connectivity index (χ0) is 14.8. The van der Waals surface area contributed by atoms with Crippen LogP contribution in [0.15, 0.2) is 0 Å². The van der Waals surface area contributed by atoms with E-state index in [1.807, 2.05) is 0 Å². The van der Waals surface area contributed by atoms with Crippen molar-refractivity contribution in [2.24, 2.45) is 5.92 Å². The molecule has 0 atom stereocenters. The Bertz CT molecular complexity index is 338. The number of rotatable bonds is 10. The number of unbranched alkanes of at least 4 members (excludes halogenated alkanes) is 1. The molecule has 0 aromatic heterocycles. The lowest BCUT2D eigenvalue weighted by atomic mass is 9.94. The molecule has 6 heteroatoms. The molecule has 0 aromatic rings. The van der Waals surface area contributed by atoms with Crippen molar-refractivity contribution in [1.29, 1.82) is 0 Å². The Morgan fingerprint density at radius 1 is 1.15 bits per heavy atom. The van der Waals surface area contributed by atoms with Crippen LogP contribution in [-0.4, -0.2) is 58.8 Å². The first-order valence-corrected chi connectivity index (χ1v) is 9.55. The van der Waals surface area contributed by atoms with Crippen LogP contribution in [0.25, 0.3) is 0 Å². The highest BCUT2D eigenvalue weighted by atomic mass is 32.2. The Hall–Kier alpha value is -0.170. The van der Waals surface area contributed by atoms with E-state index < -0.39 is 10.0 Å². The van der Waals surface area contributed by atoms with Crippen LogP contribution in [0.4, 0.5) is 0 Å². The molecule has 0 aromatic carbocycles. The summed E-state index contributed by atoms with van der Waals surface area (Å²) in [5, 5.41) is 3.21. The van der Waals surface area contributed by atoms with Gasteiger partial charge >= 0.3 is 0 Å². The molecule has 0 aliphatic carbocycles. The summed E-state index contributed by atoms with van der Waals surface area (Å²) in [7, 11) is -0.923. The van der Waals surface area contributed by atoms with Crippen molar-refractivity contribution < 1.29 is 8.42 Å². The van der Waals surface area contributed by atoms with Gasteiger partial charge < -0.3 is 10.2 Å². The lowest BCUT2D eigenvalue weighted by molar-refractivity contribution is 0.213. The van der Waals surface area contributed by atoms with Gasteiger partial charge in [0.15, 0.2) is 0 Å². The van der Waals surface area contributed by atoms with Crippen LogP contribution < -0.4 is 10.0 Å². The molecule has 120 valence electrons. The van der Waals surface area contributed by atoms with Crippen molar-refractivity contribution in [2.75, 3.05) is 45.5 Å². The zero-order valence-corrected chi connectivity index (χ0v) is 13.8. The summed E-state index contributed by atoms with van der Waals surface area (Å²) in [6.07, 6.45) is 5.02. The van der Waals surface area contributed by atoms with Crippen molar-refractivity contribution in [3.8, 4) is 0 Å². The highest BCUT2D eigenvalue weighted by molar-refractivity contribution is 7.89. The van der Waals surface area contributed by atoms with Crippen molar-refractivity contribution >= 4 is 10.0 Å². The van der Waals surface area contributed by atoms with E-state index in [0.29, 0.717) is 12.5 Å². The fraction of sp³-hybridized carbons (Fsp3) is 1.00. The number of piperidine rings is 1. The summed E-state index contributed by atoms with van der Waals surface area (Å²) in [6.45, 7) is 6.79. The Morgan fingerprint density at radius 3 is 2.50 bits per heavy atom. The van der Waals surface area contributed by atoms with E-state index >= 15 is 0 Å². The Labute approximate surface area is 124 Å². The van der Waals surface area contributed by atoms with Crippen molar-refractivity contribution in [3.05, 3.63) is 0 Å². The summed E-state index contributed by atoms with van der Waals surface area (Å²) < 4.78 is 26.4. The molecule has 1 fully saturated rings. The molecule has 0 radical (unpaired) electrons. The third kappa shape index (κ3) is 8.19. The minimum Gasteiger partial charge on any atom is -0.317 e. The van der Waals surface area contributed by atoms with E-state index in [4.69, 9.17) is 0 Å². The molecule has 0 amide bonds. The SMILES string of the molecule is CCNCCCCS(=O)(=O)NCCC1CCN(C)CC1. The normalized spacial score (nSPS) is 18.5. The van der Waals surface area contributed by atoms with Gasteiger partial charge in [-0.3, -0.25) is 0 Å². The predicted octanol–water partition coefficient (Wildman–Crippen LogP) is 1.03. The molecule has 0 bridgehead atoms. The number of nitrogens with zero attached hydrogens (tertiary/aromatic N) is 1. The predicted molar refractivity (Wildman–Crippen MR) is 84.4 cm³/mol. The molecule has 0 spiro atoms. The minimum atomic E-state index is -3.07. The molecule has 0 unspecified atom stereocenters. The maximum absolute atomic E-state index is 11.8. The average Bonchev–Trinajstić information content (AvgIpc) is 2.40. The molecule has 2 N–H and O–H groups in total. The summed E-state index contributed by atoms with van der Waals surface area (Å²) in [6, 6.07) is 0. The van der Waals surface area contributed by atoms with E-state index in [1.165, 1.54) is 12.8 Å². The molecule has 1 rings (SSSR count). The van der Waals surface area contributed by atoms with Gasteiger partial charge in [-0.05, 0) is 71.2 Å². The van der Waals surface area contributed by atoms with E-state index in [-0.39, 0.29) is 5.75 Å². The fourth-order valence-corrected chi connectivity index (χ4v) is 3.72. The highest BCUT2D eigenvalue weighted by Crippen LogP contribution is 2.18. The summed E-state index contributed by atoms with van der Waals surface area (Å²) in [4.78, 5) is 2.34. The molecule has 5 nitrogen and oxygen atoms in total. The quantitative estimate of drug-likeness (QED) is 0.592. The Kier molecular flexibility index (Phi) is 8.68. The maximum Gasteiger partial charge on any atom is 0.211 e. The lowest BCUT2D eigenvalue weighted by Gasteiger charge is -2.28. The van der Waals surface area contributed by atoms with Crippen molar-refractivity contribution in [2.45, 2.75) is 39.0 Å². The van der Waals surface area contributed by atoms with Gasteiger partial charge in [-0.1, -0.05) is 6.92 Å². The Balaban J connectivity index is 2.07. The van der Waals surface area contributed by atoms with Crippen molar-refractivity contribution in [3.63, 3.8) is 0 Å². The summed E-state index contributed by atoms with van der Waals surface area (Å²) >= 11 is 0. The molecule has 1 aliphatic heterocycles. The molecular weight excluding hydrogens is 274 g/mol. The smallest absolute Gasteiger partial charge is 0.211 e. The second kappa shape index (κ2) is 9.71. The zero-order valence-electron chi connectivity index (χ0n) is 13.0. The number of nitrogens with one attached hydrogen (secondary N) is 2. The maximum atomic E-state index is 11.8. The van der Waals surface area contributed by atoms with Gasteiger partial charge in [0.2, 0.25) is 10.0 Å². The topological polar surface area (TPSA) is 61.4 Å². The average molecular weight is 305 g/mol. The number of likely N-dealkylation sites (tertiary alicyclic amines) is 1. The van der Waals surface area contributed by atoms with Gasteiger partial charge in [0.1, 0.15) is 0 Å². The Morgan fingerprint density at radius 2 is 1.85 bits per heavy atom. The van der Waals surface area contributed by atoms with E-state index in [9.17, 15) is 8.42 Å². The number of sulfonamides is 1. The largest absolute Gasteiger partial charge is 0.317 e. The van der Waals surface area contributed by atoms with Crippen LogP contribution in [0.5, 0.6) is 0 Å².